The molecule has 1 aliphatic carbocycles. The number of aliphatic imine (C=N–C) groups is 1. The van der Waals surface area contributed by atoms with Crippen molar-refractivity contribution >= 4 is 27.8 Å². The Hall–Kier alpha value is -4.21. The maximum atomic E-state index is 6.98. The van der Waals surface area contributed by atoms with E-state index in [1.165, 1.54) is 27.6 Å². The number of hydrogen-bond donors (Lipinski definition) is 0. The summed E-state index contributed by atoms with van der Waals surface area (Å²) in [6.07, 6.45) is 2.70. The minimum Gasteiger partial charge on any atom is -0.511 e. The summed E-state index contributed by atoms with van der Waals surface area (Å²) < 4.78 is 15.9. The van der Waals surface area contributed by atoms with Crippen LogP contribution in [0.1, 0.15) is 115 Å². The largest absolute Gasteiger partial charge is 2.00 e. The van der Waals surface area contributed by atoms with Gasteiger partial charge in [0.1, 0.15) is 22.7 Å². The van der Waals surface area contributed by atoms with E-state index in [1.54, 1.807) is 0 Å². The number of aryl methyl sites for hydroxylation is 2. The smallest absolute Gasteiger partial charge is 0.511 e. The second kappa shape index (κ2) is 12.7. The summed E-state index contributed by atoms with van der Waals surface area (Å²) in [6, 6.07) is 33.3. The van der Waals surface area contributed by atoms with Gasteiger partial charge in [-0.15, -0.1) is 29.8 Å². The maximum Gasteiger partial charge on any atom is 2.00 e. The summed E-state index contributed by atoms with van der Waals surface area (Å²) in [6.45, 7) is 26.7. The van der Waals surface area contributed by atoms with E-state index < -0.39 is 11.1 Å². The predicted octanol–water partition coefficient (Wildman–Crippen LogP) is 11.9. The molecule has 2 aliphatic rings. The van der Waals surface area contributed by atoms with Crippen molar-refractivity contribution in [1.82, 2.24) is 9.55 Å². The molecule has 4 aromatic carbocycles. The zero-order valence-corrected chi connectivity index (χ0v) is 36.0. The molecule has 0 amide bonds. The number of pyridine rings is 1. The zero-order chi connectivity index (χ0) is 37.9. The molecule has 0 radical (unpaired) electrons. The van der Waals surface area contributed by atoms with Gasteiger partial charge in [-0.1, -0.05) is 116 Å². The van der Waals surface area contributed by atoms with Gasteiger partial charge >= 0.3 is 21.1 Å². The van der Waals surface area contributed by atoms with Crippen LogP contribution in [-0.4, -0.2) is 21.0 Å². The molecule has 0 N–H and O–H groups in total. The van der Waals surface area contributed by atoms with E-state index in [1.807, 2.05) is 18.3 Å². The molecule has 3 heterocycles. The van der Waals surface area contributed by atoms with E-state index >= 15 is 0 Å². The molecule has 0 unspecified atom stereocenters. The van der Waals surface area contributed by atoms with Gasteiger partial charge in [0, 0.05) is 28.5 Å². The molecule has 1 aliphatic heterocycles. The van der Waals surface area contributed by atoms with E-state index in [4.69, 9.17) is 19.5 Å². The number of nitrogens with zero attached hydrogens (tertiary/aromatic N) is 3. The zero-order valence-electron chi connectivity index (χ0n) is 33.7. The Labute approximate surface area is 335 Å². The summed E-state index contributed by atoms with van der Waals surface area (Å²) >= 11 is 0. The number of rotatable bonds is 4. The summed E-state index contributed by atoms with van der Waals surface area (Å²) in [5.74, 6) is 1.82. The minimum absolute atomic E-state index is 0. The van der Waals surface area contributed by atoms with Gasteiger partial charge in [-0.05, 0) is 84.4 Å². The molecular formula is C48H51N3O2Pt. The molecular weight excluding hydrogens is 846 g/mol. The van der Waals surface area contributed by atoms with E-state index in [2.05, 4.69) is 160 Å². The fourth-order valence-corrected chi connectivity index (χ4v) is 8.57. The minimum atomic E-state index is -0.545. The van der Waals surface area contributed by atoms with Crippen LogP contribution in [0.3, 0.4) is 0 Å². The van der Waals surface area contributed by atoms with Crippen molar-refractivity contribution in [3.05, 3.63) is 130 Å². The summed E-state index contributed by atoms with van der Waals surface area (Å²) in [7, 11) is 0. The molecule has 8 rings (SSSR count). The van der Waals surface area contributed by atoms with Crippen molar-refractivity contribution in [3.8, 4) is 17.2 Å². The fourth-order valence-electron chi connectivity index (χ4n) is 8.57. The third-order valence-electron chi connectivity index (χ3n) is 11.7. The Morgan fingerprint density at radius 1 is 0.741 bits per heavy atom. The van der Waals surface area contributed by atoms with Gasteiger partial charge < -0.3 is 14.0 Å². The Balaban J connectivity index is 0.00000450. The van der Waals surface area contributed by atoms with Crippen LogP contribution < -0.4 is 4.74 Å². The standard InChI is InChI=1S/C48H51N3O2.Pt/c1-29-15-17-39-40(22-29)46(9,10)28-47(11)48(39,12)50-43(53-47)31-23-33(45(6,7)8)25-36(24-31)52-35-21-30(2)20-34(27-35)51-41-18-16-32(44(3,4)5)26-38(41)37-14-13-19-49-42(37)51;/h13-23,25-26H,28H2,1-12H3;/q-2;+2/t47-,48+;/m0./s1. The van der Waals surface area contributed by atoms with Gasteiger partial charge in [-0.3, -0.25) is 4.99 Å². The molecule has 6 aromatic rings. The van der Waals surface area contributed by atoms with Gasteiger partial charge in [-0.25, -0.2) is 4.98 Å². The first-order valence-corrected chi connectivity index (χ1v) is 18.9. The van der Waals surface area contributed by atoms with Crippen molar-refractivity contribution in [2.24, 2.45) is 4.99 Å². The van der Waals surface area contributed by atoms with E-state index in [0.29, 0.717) is 17.4 Å². The average Bonchev–Trinajstić information content (AvgIpc) is 3.54. The number of benzene rings is 4. The summed E-state index contributed by atoms with van der Waals surface area (Å²) in [5.41, 5.74) is 9.69. The third kappa shape index (κ3) is 6.21. The van der Waals surface area contributed by atoms with E-state index in [0.717, 1.165) is 45.3 Å². The molecule has 2 atom stereocenters. The normalized spacial score (nSPS) is 20.6. The average molecular weight is 897 g/mol. The van der Waals surface area contributed by atoms with Crippen LogP contribution in [0.25, 0.3) is 27.6 Å². The number of aromatic nitrogens is 2. The predicted molar refractivity (Wildman–Crippen MR) is 217 cm³/mol. The van der Waals surface area contributed by atoms with E-state index in [-0.39, 0.29) is 37.3 Å². The van der Waals surface area contributed by atoms with Crippen LogP contribution in [0.4, 0.5) is 0 Å². The second-order valence-corrected chi connectivity index (χ2v) is 18.5. The van der Waals surface area contributed by atoms with Crippen molar-refractivity contribution in [2.75, 3.05) is 0 Å². The SMILES string of the molecule is Cc1cc(Oc2[c-]c(C3=N[C@]4(C)c5ccc(C)cc5C(C)(C)C[C@]4(C)O3)cc(C(C)(C)C)c2)[c-]c(-n2c3ccc(C(C)(C)C)cc3c3cccnc32)c1.[Pt+2]. The quantitative estimate of drug-likeness (QED) is 0.166. The van der Waals surface area contributed by atoms with Gasteiger partial charge in [0.25, 0.3) is 0 Å². The molecule has 0 spiro atoms. The summed E-state index contributed by atoms with van der Waals surface area (Å²) in [5, 5.41) is 2.29. The Kier molecular flexibility index (Phi) is 8.93. The number of ether oxygens (including phenoxy) is 2. The molecule has 54 heavy (non-hydrogen) atoms. The van der Waals surface area contributed by atoms with Gasteiger partial charge in [0.05, 0.1) is 5.52 Å². The second-order valence-electron chi connectivity index (χ2n) is 18.5. The first-order valence-electron chi connectivity index (χ1n) is 18.9. The van der Waals surface area contributed by atoms with Gasteiger partial charge in [-0.2, -0.15) is 5.56 Å². The molecule has 2 aromatic heterocycles. The van der Waals surface area contributed by atoms with E-state index in [9.17, 15) is 0 Å². The number of fused-ring (bicyclic) bond motifs is 6. The van der Waals surface area contributed by atoms with Crippen LogP contribution in [0.5, 0.6) is 11.5 Å². The maximum absolute atomic E-state index is 6.98. The van der Waals surface area contributed by atoms with Crippen LogP contribution in [0, 0.1) is 26.0 Å². The van der Waals surface area contributed by atoms with Crippen molar-refractivity contribution in [1.29, 1.82) is 0 Å². The molecule has 0 saturated heterocycles. The molecule has 0 saturated carbocycles. The Morgan fingerprint density at radius 2 is 1.46 bits per heavy atom. The van der Waals surface area contributed by atoms with Crippen LogP contribution in [0.2, 0.25) is 0 Å². The van der Waals surface area contributed by atoms with Crippen molar-refractivity contribution in [2.45, 2.75) is 117 Å². The number of hydrogen-bond acceptors (Lipinski definition) is 4. The Bertz CT molecular complexity index is 2490. The van der Waals surface area contributed by atoms with Gasteiger partial charge in [0.2, 0.25) is 0 Å². The topological polar surface area (TPSA) is 48.6 Å². The van der Waals surface area contributed by atoms with Crippen molar-refractivity contribution in [3.63, 3.8) is 0 Å². The molecule has 0 bridgehead atoms. The third-order valence-corrected chi connectivity index (χ3v) is 11.7. The first kappa shape index (κ1) is 38.1. The Morgan fingerprint density at radius 3 is 2.19 bits per heavy atom. The molecule has 0 fully saturated rings. The van der Waals surface area contributed by atoms with Crippen LogP contribution in [-0.2, 0) is 47.6 Å². The summed E-state index contributed by atoms with van der Waals surface area (Å²) in [4.78, 5) is 10.3. The van der Waals surface area contributed by atoms with Gasteiger partial charge in [0.15, 0.2) is 0 Å². The molecule has 280 valence electrons. The monoisotopic (exact) mass is 896 g/mol. The molecule has 6 heteroatoms. The van der Waals surface area contributed by atoms with Crippen LogP contribution >= 0.6 is 0 Å². The first-order chi connectivity index (χ1) is 24.8. The van der Waals surface area contributed by atoms with Crippen molar-refractivity contribution < 1.29 is 30.5 Å². The fraction of sp³-hybridized carbons (Fsp3) is 0.375. The van der Waals surface area contributed by atoms with Crippen LogP contribution in [0.15, 0.2) is 84.0 Å². The molecule has 5 nitrogen and oxygen atoms in total.